The number of para-hydroxylation sites is 1. The Balaban J connectivity index is 1.49. The highest BCUT2D eigenvalue weighted by Crippen LogP contribution is 2.24. The van der Waals surface area contributed by atoms with Crippen molar-refractivity contribution in [3.05, 3.63) is 90.4 Å². The Morgan fingerprint density at radius 2 is 1.71 bits per heavy atom. The lowest BCUT2D eigenvalue weighted by Crippen LogP contribution is -2.37. The molecule has 1 N–H and O–H groups in total. The number of nitrogens with one attached hydrogen (secondary N) is 1. The summed E-state index contributed by atoms with van der Waals surface area (Å²) in [4.78, 5) is 29.3. The second-order valence-electron chi connectivity index (χ2n) is 7.35. The minimum atomic E-state index is -0.669. The Morgan fingerprint density at radius 3 is 2.39 bits per heavy atom. The number of thiocarbonyl (C=S) groups is 1. The number of nitrogens with zero attached hydrogens (tertiary/aromatic N) is 2. The molecule has 0 spiro atoms. The van der Waals surface area contributed by atoms with Gasteiger partial charge in [-0.25, -0.2) is 0 Å². The molecular formula is C24H23N3O3S. The van der Waals surface area contributed by atoms with Crippen LogP contribution in [0.15, 0.2) is 83.5 Å². The van der Waals surface area contributed by atoms with Crippen LogP contribution in [0.1, 0.15) is 17.7 Å². The molecule has 2 aromatic carbocycles. The second-order valence-corrected chi connectivity index (χ2v) is 7.71. The van der Waals surface area contributed by atoms with Crippen molar-refractivity contribution in [1.29, 1.82) is 0 Å². The van der Waals surface area contributed by atoms with Gasteiger partial charge in [-0.3, -0.25) is 14.5 Å². The molecule has 1 unspecified atom stereocenters. The number of hydrogen-bond donors (Lipinski definition) is 1. The van der Waals surface area contributed by atoms with E-state index in [4.69, 9.17) is 16.6 Å². The molecule has 2 heterocycles. The van der Waals surface area contributed by atoms with E-state index in [1.807, 2.05) is 66.7 Å². The van der Waals surface area contributed by atoms with Crippen LogP contribution in [-0.4, -0.2) is 39.3 Å². The summed E-state index contributed by atoms with van der Waals surface area (Å²) in [5.41, 5.74) is 1.82. The second kappa shape index (κ2) is 9.57. The van der Waals surface area contributed by atoms with Gasteiger partial charge in [-0.15, -0.1) is 0 Å². The summed E-state index contributed by atoms with van der Waals surface area (Å²) >= 11 is 5.64. The summed E-state index contributed by atoms with van der Waals surface area (Å²) < 4.78 is 5.46. The number of carbonyl (C=O) groups is 2. The van der Waals surface area contributed by atoms with Gasteiger partial charge in [0.05, 0.1) is 19.2 Å². The Bertz CT molecular complexity index is 1040. The van der Waals surface area contributed by atoms with Crippen molar-refractivity contribution in [3.63, 3.8) is 0 Å². The molecule has 3 aromatic rings. The topological polar surface area (TPSA) is 65.8 Å². The van der Waals surface area contributed by atoms with Crippen molar-refractivity contribution in [2.45, 2.75) is 25.4 Å². The highest BCUT2D eigenvalue weighted by Gasteiger charge is 2.43. The highest BCUT2D eigenvalue weighted by atomic mass is 32.1. The van der Waals surface area contributed by atoms with E-state index in [2.05, 4.69) is 5.32 Å². The first-order chi connectivity index (χ1) is 15.1. The summed E-state index contributed by atoms with van der Waals surface area (Å²) in [5.74, 6) is 0.297. The first kappa shape index (κ1) is 20.8. The standard InChI is InChI=1S/C24H23N3O3S/c28-22(25-19-10-5-2-6-11-19)16-21-23(29)26(14-13-18-8-3-1-4-9-18)24(31)27(21)17-20-12-7-15-30-20/h1-12,15,21H,13-14,16-17H2,(H,25,28). The first-order valence-corrected chi connectivity index (χ1v) is 10.6. The van der Waals surface area contributed by atoms with Crippen LogP contribution in [0.3, 0.4) is 0 Å². The fourth-order valence-corrected chi connectivity index (χ4v) is 4.02. The molecule has 0 aliphatic carbocycles. The molecule has 0 saturated carbocycles. The van der Waals surface area contributed by atoms with E-state index in [1.54, 1.807) is 22.1 Å². The number of hydrogen-bond acceptors (Lipinski definition) is 4. The minimum absolute atomic E-state index is 0.0103. The minimum Gasteiger partial charge on any atom is -0.467 e. The van der Waals surface area contributed by atoms with E-state index in [0.29, 0.717) is 36.1 Å². The fourth-order valence-electron chi connectivity index (χ4n) is 3.64. The lowest BCUT2D eigenvalue weighted by molar-refractivity contribution is -0.130. The summed E-state index contributed by atoms with van der Waals surface area (Å²) in [5, 5.41) is 3.28. The van der Waals surface area contributed by atoms with Crippen LogP contribution in [0.25, 0.3) is 0 Å². The number of rotatable bonds is 8. The maximum Gasteiger partial charge on any atom is 0.252 e. The predicted octanol–water partition coefficient (Wildman–Crippen LogP) is 3.85. The summed E-state index contributed by atoms with van der Waals surface area (Å²) in [6.45, 7) is 0.801. The van der Waals surface area contributed by atoms with E-state index < -0.39 is 6.04 Å². The van der Waals surface area contributed by atoms with E-state index in [9.17, 15) is 9.59 Å². The molecule has 31 heavy (non-hydrogen) atoms. The van der Waals surface area contributed by atoms with E-state index in [0.717, 1.165) is 5.56 Å². The maximum absolute atomic E-state index is 13.3. The molecule has 6 nitrogen and oxygen atoms in total. The van der Waals surface area contributed by atoms with Crippen LogP contribution in [0.2, 0.25) is 0 Å². The van der Waals surface area contributed by atoms with Gasteiger partial charge in [-0.2, -0.15) is 0 Å². The SMILES string of the molecule is O=C(CC1C(=O)N(CCc2ccccc2)C(=S)N1Cc1ccco1)Nc1ccccc1. The third-order valence-electron chi connectivity index (χ3n) is 5.21. The summed E-state index contributed by atoms with van der Waals surface area (Å²) in [6.07, 6.45) is 2.28. The zero-order chi connectivity index (χ0) is 21.6. The molecule has 0 bridgehead atoms. The maximum atomic E-state index is 13.3. The largest absolute Gasteiger partial charge is 0.467 e. The number of furan rings is 1. The van der Waals surface area contributed by atoms with Crippen LogP contribution < -0.4 is 5.32 Å². The van der Waals surface area contributed by atoms with E-state index >= 15 is 0 Å². The van der Waals surface area contributed by atoms with Crippen LogP contribution in [0.5, 0.6) is 0 Å². The molecule has 1 aliphatic rings. The lowest BCUT2D eigenvalue weighted by atomic mass is 10.1. The fraction of sp³-hybridized carbons (Fsp3) is 0.208. The summed E-state index contributed by atoms with van der Waals surface area (Å²) in [6, 6.07) is 22.1. The summed E-state index contributed by atoms with van der Waals surface area (Å²) in [7, 11) is 0. The third kappa shape index (κ3) is 5.00. The smallest absolute Gasteiger partial charge is 0.252 e. The monoisotopic (exact) mass is 433 g/mol. The van der Waals surface area contributed by atoms with Gasteiger partial charge in [0.25, 0.3) is 5.91 Å². The molecule has 0 radical (unpaired) electrons. The molecule has 1 fully saturated rings. The molecule has 1 atom stereocenters. The average Bonchev–Trinajstić information content (AvgIpc) is 3.37. The first-order valence-electron chi connectivity index (χ1n) is 10.1. The zero-order valence-electron chi connectivity index (χ0n) is 16.9. The molecule has 1 aliphatic heterocycles. The molecule has 7 heteroatoms. The normalized spacial score (nSPS) is 16.1. The van der Waals surface area contributed by atoms with Gasteiger partial charge in [-0.1, -0.05) is 48.5 Å². The molecule has 1 aromatic heterocycles. The van der Waals surface area contributed by atoms with Crippen molar-refractivity contribution >= 4 is 34.8 Å². The average molecular weight is 434 g/mol. The van der Waals surface area contributed by atoms with Gasteiger partial charge in [0, 0.05) is 12.2 Å². The highest BCUT2D eigenvalue weighted by molar-refractivity contribution is 7.80. The molecule has 1 saturated heterocycles. The Labute approximate surface area is 186 Å². The van der Waals surface area contributed by atoms with E-state index in [1.165, 1.54) is 0 Å². The predicted molar refractivity (Wildman–Crippen MR) is 122 cm³/mol. The third-order valence-corrected chi connectivity index (χ3v) is 5.67. The Morgan fingerprint density at radius 1 is 1.00 bits per heavy atom. The Hall–Kier alpha value is -3.45. The van der Waals surface area contributed by atoms with Crippen LogP contribution in [-0.2, 0) is 22.6 Å². The molecule has 158 valence electrons. The molecule has 4 rings (SSSR count). The van der Waals surface area contributed by atoms with Crippen LogP contribution in [0, 0.1) is 0 Å². The number of benzene rings is 2. The van der Waals surface area contributed by atoms with Crippen LogP contribution in [0.4, 0.5) is 5.69 Å². The number of anilines is 1. The van der Waals surface area contributed by atoms with Gasteiger partial charge in [0.1, 0.15) is 11.8 Å². The van der Waals surface area contributed by atoms with Crippen molar-refractivity contribution in [2.24, 2.45) is 0 Å². The van der Waals surface area contributed by atoms with Gasteiger partial charge in [0.15, 0.2) is 5.11 Å². The lowest BCUT2D eigenvalue weighted by Gasteiger charge is -2.22. The number of amides is 2. The van der Waals surface area contributed by atoms with Crippen molar-refractivity contribution < 1.29 is 14.0 Å². The van der Waals surface area contributed by atoms with Gasteiger partial charge in [-0.05, 0) is 48.5 Å². The molecular weight excluding hydrogens is 410 g/mol. The van der Waals surface area contributed by atoms with Gasteiger partial charge >= 0.3 is 0 Å². The van der Waals surface area contributed by atoms with Crippen molar-refractivity contribution in [1.82, 2.24) is 9.80 Å². The van der Waals surface area contributed by atoms with Gasteiger partial charge < -0.3 is 14.6 Å². The zero-order valence-corrected chi connectivity index (χ0v) is 17.8. The quantitative estimate of drug-likeness (QED) is 0.547. The van der Waals surface area contributed by atoms with Crippen LogP contribution >= 0.6 is 12.2 Å². The molecule has 2 amide bonds. The van der Waals surface area contributed by atoms with E-state index in [-0.39, 0.29) is 18.2 Å². The van der Waals surface area contributed by atoms with Crippen molar-refractivity contribution in [3.8, 4) is 0 Å². The number of carbonyl (C=O) groups excluding carboxylic acids is 2. The van der Waals surface area contributed by atoms with Crippen molar-refractivity contribution in [2.75, 3.05) is 11.9 Å². The van der Waals surface area contributed by atoms with Gasteiger partial charge in [0.2, 0.25) is 5.91 Å². The Kier molecular flexibility index (Phi) is 6.43.